The van der Waals surface area contributed by atoms with Gasteiger partial charge in [0.05, 0.1) is 10.5 Å². The van der Waals surface area contributed by atoms with E-state index < -0.39 is 4.92 Å². The maximum absolute atomic E-state index is 12.5. The molecule has 8 nitrogen and oxygen atoms in total. The summed E-state index contributed by atoms with van der Waals surface area (Å²) in [6.07, 6.45) is 0. The first-order chi connectivity index (χ1) is 14.2. The second kappa shape index (κ2) is 8.61. The van der Waals surface area contributed by atoms with Crippen LogP contribution in [0.4, 0.5) is 10.8 Å². The molecular weight excluding hydrogens is 422 g/mol. The molecular formula is C20H17N5O3S2. The topological polar surface area (TPSA) is 122 Å². The third-order valence-corrected chi connectivity index (χ3v) is 6.10. The van der Waals surface area contributed by atoms with Crippen molar-refractivity contribution in [2.75, 3.05) is 5.32 Å². The van der Waals surface area contributed by atoms with Crippen molar-refractivity contribution in [3.05, 3.63) is 69.3 Å². The van der Waals surface area contributed by atoms with E-state index in [1.54, 1.807) is 12.1 Å². The second-order valence-corrected chi connectivity index (χ2v) is 9.57. The third kappa shape index (κ3) is 5.00. The lowest BCUT2D eigenvalue weighted by atomic mass is 9.87. The molecule has 1 heterocycles. The zero-order valence-corrected chi connectivity index (χ0v) is 18.0. The molecule has 0 atom stereocenters. The van der Waals surface area contributed by atoms with Gasteiger partial charge in [0.1, 0.15) is 6.07 Å². The zero-order chi connectivity index (χ0) is 21.9. The molecule has 3 aromatic rings. The summed E-state index contributed by atoms with van der Waals surface area (Å²) in [5.41, 5.74) is 1.66. The number of nitro benzene ring substituents is 1. The minimum atomic E-state index is -0.554. The maximum atomic E-state index is 12.5. The summed E-state index contributed by atoms with van der Waals surface area (Å²) in [6, 6.07) is 13.4. The van der Waals surface area contributed by atoms with Crippen molar-refractivity contribution < 1.29 is 9.72 Å². The number of non-ortho nitro benzene ring substituents is 1. The van der Waals surface area contributed by atoms with Crippen LogP contribution in [0, 0.1) is 21.4 Å². The average molecular weight is 440 g/mol. The Morgan fingerprint density at radius 2 is 1.90 bits per heavy atom. The summed E-state index contributed by atoms with van der Waals surface area (Å²) in [5, 5.41) is 31.1. The minimum absolute atomic E-state index is 0.000502. The van der Waals surface area contributed by atoms with Gasteiger partial charge in [0.25, 0.3) is 11.6 Å². The number of amides is 1. The van der Waals surface area contributed by atoms with E-state index >= 15 is 0 Å². The van der Waals surface area contributed by atoms with Gasteiger partial charge in [0.15, 0.2) is 4.34 Å². The first-order valence-corrected chi connectivity index (χ1v) is 10.4. The standard InChI is InChI=1S/C20H17N5O3S2/c1-20(2,3)14-6-4-12(5-7-14)17(26)22-18-23-24-19(30-18)29-16-9-8-15(25(27)28)10-13(16)11-21/h4-10H,1-3H3,(H,22,23,26). The van der Waals surface area contributed by atoms with Crippen molar-refractivity contribution in [2.45, 2.75) is 35.4 Å². The summed E-state index contributed by atoms with van der Waals surface area (Å²) in [5.74, 6) is -0.295. The Morgan fingerprint density at radius 3 is 2.50 bits per heavy atom. The molecule has 2 aromatic carbocycles. The van der Waals surface area contributed by atoms with E-state index in [4.69, 9.17) is 0 Å². The van der Waals surface area contributed by atoms with Crippen LogP contribution in [-0.4, -0.2) is 21.0 Å². The van der Waals surface area contributed by atoms with Gasteiger partial charge >= 0.3 is 0 Å². The van der Waals surface area contributed by atoms with Gasteiger partial charge in [-0.15, -0.1) is 10.2 Å². The summed E-state index contributed by atoms with van der Waals surface area (Å²) >= 11 is 2.31. The van der Waals surface area contributed by atoms with Crippen LogP contribution in [-0.2, 0) is 5.41 Å². The van der Waals surface area contributed by atoms with Gasteiger partial charge in [-0.25, -0.2) is 0 Å². The van der Waals surface area contributed by atoms with Crippen molar-refractivity contribution in [2.24, 2.45) is 0 Å². The van der Waals surface area contributed by atoms with Crippen molar-refractivity contribution in [1.29, 1.82) is 5.26 Å². The number of hydrogen-bond acceptors (Lipinski definition) is 8. The molecule has 3 rings (SSSR count). The lowest BCUT2D eigenvalue weighted by Crippen LogP contribution is -2.14. The van der Waals surface area contributed by atoms with Crippen molar-refractivity contribution in [1.82, 2.24) is 10.2 Å². The van der Waals surface area contributed by atoms with E-state index in [1.165, 1.54) is 18.2 Å². The summed E-state index contributed by atoms with van der Waals surface area (Å²) in [7, 11) is 0. The SMILES string of the molecule is CC(C)(C)c1ccc(C(=O)Nc2nnc(Sc3ccc([N+](=O)[O-])cc3C#N)s2)cc1. The fourth-order valence-corrected chi connectivity index (χ4v) is 4.26. The molecule has 30 heavy (non-hydrogen) atoms. The van der Waals surface area contributed by atoms with Crippen LogP contribution in [0.15, 0.2) is 51.7 Å². The highest BCUT2D eigenvalue weighted by atomic mass is 32.2. The van der Waals surface area contributed by atoms with Crippen LogP contribution in [0.3, 0.4) is 0 Å². The van der Waals surface area contributed by atoms with E-state index in [0.717, 1.165) is 28.7 Å². The molecule has 152 valence electrons. The van der Waals surface area contributed by atoms with Crippen LogP contribution in [0.5, 0.6) is 0 Å². The zero-order valence-electron chi connectivity index (χ0n) is 16.4. The number of rotatable bonds is 5. The average Bonchev–Trinajstić information content (AvgIpc) is 3.14. The highest BCUT2D eigenvalue weighted by molar-refractivity contribution is 8.01. The molecule has 0 saturated carbocycles. The Hall–Kier alpha value is -3.29. The number of benzene rings is 2. The van der Waals surface area contributed by atoms with Gasteiger partial charge in [-0.3, -0.25) is 20.2 Å². The Balaban J connectivity index is 1.70. The van der Waals surface area contributed by atoms with E-state index in [2.05, 4.69) is 36.3 Å². The molecule has 1 aromatic heterocycles. The Morgan fingerprint density at radius 1 is 1.20 bits per heavy atom. The summed E-state index contributed by atoms with van der Waals surface area (Å²) < 4.78 is 0.499. The highest BCUT2D eigenvalue weighted by Gasteiger charge is 2.17. The predicted molar refractivity (Wildman–Crippen MR) is 115 cm³/mol. The van der Waals surface area contributed by atoms with E-state index in [1.807, 2.05) is 18.2 Å². The highest BCUT2D eigenvalue weighted by Crippen LogP contribution is 2.35. The number of anilines is 1. The first kappa shape index (κ1) is 21.4. The number of nitrogens with zero attached hydrogens (tertiary/aromatic N) is 4. The summed E-state index contributed by atoms with van der Waals surface area (Å²) in [4.78, 5) is 23.3. The van der Waals surface area contributed by atoms with Crippen LogP contribution in [0.25, 0.3) is 0 Å². The predicted octanol–water partition coefficient (Wildman–Crippen LogP) is 5.02. The van der Waals surface area contributed by atoms with Gasteiger partial charge in [-0.2, -0.15) is 5.26 Å². The monoisotopic (exact) mass is 439 g/mol. The molecule has 0 bridgehead atoms. The maximum Gasteiger partial charge on any atom is 0.270 e. The Kier molecular flexibility index (Phi) is 6.14. The summed E-state index contributed by atoms with van der Waals surface area (Å²) in [6.45, 7) is 6.31. The van der Waals surface area contributed by atoms with Crippen molar-refractivity contribution >= 4 is 39.8 Å². The van der Waals surface area contributed by atoms with E-state index in [9.17, 15) is 20.2 Å². The number of carbonyl (C=O) groups excluding carboxylic acids is 1. The molecule has 10 heteroatoms. The molecule has 0 unspecified atom stereocenters. The smallest absolute Gasteiger partial charge is 0.270 e. The molecule has 1 N–H and O–H groups in total. The minimum Gasteiger partial charge on any atom is -0.296 e. The van der Waals surface area contributed by atoms with Gasteiger partial charge in [0.2, 0.25) is 5.13 Å². The van der Waals surface area contributed by atoms with E-state index in [-0.39, 0.29) is 22.6 Å². The lowest BCUT2D eigenvalue weighted by molar-refractivity contribution is -0.384. The fraction of sp³-hybridized carbons (Fsp3) is 0.200. The molecule has 0 aliphatic rings. The van der Waals surface area contributed by atoms with Crippen LogP contribution >= 0.6 is 23.1 Å². The first-order valence-electron chi connectivity index (χ1n) is 8.79. The molecule has 0 fully saturated rings. The van der Waals surface area contributed by atoms with Gasteiger partial charge in [-0.05, 0) is 29.2 Å². The third-order valence-electron chi connectivity index (χ3n) is 4.13. The molecule has 0 aliphatic carbocycles. The molecule has 0 aliphatic heterocycles. The molecule has 0 saturated heterocycles. The van der Waals surface area contributed by atoms with E-state index in [0.29, 0.717) is 19.9 Å². The molecule has 0 radical (unpaired) electrons. The quantitative estimate of drug-likeness (QED) is 0.336. The second-order valence-electron chi connectivity index (χ2n) is 7.31. The largest absolute Gasteiger partial charge is 0.296 e. The number of nitriles is 1. The van der Waals surface area contributed by atoms with Crippen LogP contribution in [0.2, 0.25) is 0 Å². The fourth-order valence-electron chi connectivity index (χ4n) is 2.49. The van der Waals surface area contributed by atoms with Crippen LogP contribution < -0.4 is 5.32 Å². The van der Waals surface area contributed by atoms with Crippen molar-refractivity contribution in [3.8, 4) is 6.07 Å². The van der Waals surface area contributed by atoms with Gasteiger partial charge < -0.3 is 0 Å². The number of aromatic nitrogens is 2. The Labute approximate surface area is 181 Å². The number of nitrogens with one attached hydrogen (secondary N) is 1. The normalized spacial score (nSPS) is 11.0. The molecule has 1 amide bonds. The van der Waals surface area contributed by atoms with Crippen LogP contribution in [0.1, 0.15) is 42.3 Å². The van der Waals surface area contributed by atoms with Crippen molar-refractivity contribution in [3.63, 3.8) is 0 Å². The number of carbonyl (C=O) groups is 1. The van der Waals surface area contributed by atoms with Gasteiger partial charge in [-0.1, -0.05) is 56.0 Å². The molecule has 0 spiro atoms. The Bertz CT molecular complexity index is 1140. The number of nitro groups is 1. The number of hydrogen-bond donors (Lipinski definition) is 1. The van der Waals surface area contributed by atoms with Gasteiger partial charge in [0, 0.05) is 22.6 Å². The lowest BCUT2D eigenvalue weighted by Gasteiger charge is -2.18.